The highest BCUT2D eigenvalue weighted by molar-refractivity contribution is 6.32. The van der Waals surface area contributed by atoms with Gasteiger partial charge < -0.3 is 25.0 Å². The lowest BCUT2D eigenvalue weighted by molar-refractivity contribution is -0.141. The zero-order valence-corrected chi connectivity index (χ0v) is 22.5. The highest BCUT2D eigenvalue weighted by Crippen LogP contribution is 2.35. The summed E-state index contributed by atoms with van der Waals surface area (Å²) in [4.78, 5) is 39.6. The maximum Gasteiger partial charge on any atom is 0.247 e. The van der Waals surface area contributed by atoms with E-state index in [0.717, 1.165) is 5.69 Å². The van der Waals surface area contributed by atoms with E-state index in [0.29, 0.717) is 70.8 Å². The molecular weight excluding hydrogens is 532 g/mol. The lowest BCUT2D eigenvalue weighted by Gasteiger charge is -2.39. The normalized spacial score (nSPS) is 14.2. The van der Waals surface area contributed by atoms with Crippen molar-refractivity contribution in [1.82, 2.24) is 19.9 Å². The fourth-order valence-electron chi connectivity index (χ4n) is 4.28. The third-order valence-corrected chi connectivity index (χ3v) is 6.67. The highest BCUT2D eigenvalue weighted by Gasteiger charge is 2.36. The van der Waals surface area contributed by atoms with E-state index in [4.69, 9.17) is 21.1 Å². The summed E-state index contributed by atoms with van der Waals surface area (Å²) in [6, 6.07) is 13.9. The molecule has 10 nitrogen and oxygen atoms in total. The number of fused-ring (bicyclic) bond motifs is 1. The molecule has 11 heteroatoms. The van der Waals surface area contributed by atoms with E-state index < -0.39 is 6.04 Å². The Kier molecular flexibility index (Phi) is 8.07. The van der Waals surface area contributed by atoms with Crippen molar-refractivity contribution in [3.05, 3.63) is 84.4 Å². The fourth-order valence-corrected chi connectivity index (χ4v) is 4.52. The van der Waals surface area contributed by atoms with Gasteiger partial charge in [0.25, 0.3) is 0 Å². The Hall–Kier alpha value is -4.70. The van der Waals surface area contributed by atoms with Crippen LogP contribution in [0.5, 0.6) is 11.5 Å². The third-order valence-electron chi connectivity index (χ3n) is 6.37. The Morgan fingerprint density at radius 2 is 2.00 bits per heavy atom. The molecule has 0 radical (unpaired) electrons. The molecule has 1 aliphatic heterocycles. The molecule has 1 unspecified atom stereocenters. The summed E-state index contributed by atoms with van der Waals surface area (Å²) in [5.74, 6) is 0.916. The van der Waals surface area contributed by atoms with Crippen LogP contribution >= 0.6 is 11.6 Å². The van der Waals surface area contributed by atoms with Crippen molar-refractivity contribution in [3.63, 3.8) is 0 Å². The number of ether oxygens (including phenoxy) is 2. The average molecular weight is 559 g/mol. The number of halogens is 1. The molecule has 204 valence electrons. The van der Waals surface area contributed by atoms with Crippen molar-refractivity contribution >= 4 is 51.5 Å². The van der Waals surface area contributed by atoms with Gasteiger partial charge in [-0.2, -0.15) is 0 Å². The summed E-state index contributed by atoms with van der Waals surface area (Å²) >= 11 is 6.50. The van der Waals surface area contributed by atoms with Crippen molar-refractivity contribution in [2.75, 3.05) is 23.8 Å². The second-order valence-corrected chi connectivity index (χ2v) is 9.34. The van der Waals surface area contributed by atoms with Crippen LogP contribution in [-0.2, 0) is 16.2 Å². The van der Waals surface area contributed by atoms with Gasteiger partial charge in [-0.05, 0) is 55.8 Å². The first-order valence-electron chi connectivity index (χ1n) is 12.7. The van der Waals surface area contributed by atoms with Gasteiger partial charge in [0.1, 0.15) is 36.3 Å². The number of anilines is 3. The molecule has 2 aromatic carbocycles. The minimum atomic E-state index is -0.569. The second-order valence-electron chi connectivity index (χ2n) is 8.93. The number of rotatable bonds is 10. The largest absolute Gasteiger partial charge is 0.492 e. The number of benzene rings is 2. The summed E-state index contributed by atoms with van der Waals surface area (Å²) in [6.07, 6.45) is 4.93. The molecule has 2 aromatic heterocycles. The van der Waals surface area contributed by atoms with Crippen LogP contribution < -0.4 is 20.1 Å². The van der Waals surface area contributed by atoms with Gasteiger partial charge in [-0.15, -0.1) is 0 Å². The SMILES string of the molecule is C=CC(=O)N1CCC1C(=O)Nc1cc2c(Nc3ccc(OCc4ccccn4)c(Cl)c3)ncnc2cc1OCC. The van der Waals surface area contributed by atoms with Crippen LogP contribution in [0, 0.1) is 0 Å². The van der Waals surface area contributed by atoms with Crippen molar-refractivity contribution in [1.29, 1.82) is 0 Å². The van der Waals surface area contributed by atoms with Crippen LogP contribution in [0.25, 0.3) is 10.9 Å². The number of hydrogen-bond donors (Lipinski definition) is 2. The molecule has 1 fully saturated rings. The predicted molar refractivity (Wildman–Crippen MR) is 153 cm³/mol. The molecule has 0 aliphatic carbocycles. The number of nitrogens with one attached hydrogen (secondary N) is 2. The summed E-state index contributed by atoms with van der Waals surface area (Å²) in [5.41, 5.74) is 2.54. The van der Waals surface area contributed by atoms with Gasteiger partial charge in [0, 0.05) is 29.9 Å². The standard InChI is InChI=1S/C29H27ClN6O4/c1-3-27(37)36-12-10-24(36)29(38)35-23-14-20-22(15-26(23)39-4-2)32-17-33-28(20)34-18-8-9-25(21(30)13-18)40-16-19-7-5-6-11-31-19/h3,5-9,11,13-15,17,24H,1,4,10,12,16H2,2H3,(H,35,38)(H,32,33,34). The molecule has 5 rings (SSSR count). The summed E-state index contributed by atoms with van der Waals surface area (Å²) < 4.78 is 11.6. The quantitative estimate of drug-likeness (QED) is 0.257. The molecule has 2 amide bonds. The molecule has 2 N–H and O–H groups in total. The van der Waals surface area contributed by atoms with Crippen molar-refractivity contribution < 1.29 is 19.1 Å². The Morgan fingerprint density at radius 3 is 2.70 bits per heavy atom. The van der Waals surface area contributed by atoms with E-state index in [1.807, 2.05) is 31.2 Å². The maximum atomic E-state index is 13.0. The zero-order valence-electron chi connectivity index (χ0n) is 21.8. The topological polar surface area (TPSA) is 119 Å². The van der Waals surface area contributed by atoms with E-state index in [1.54, 1.807) is 30.5 Å². The van der Waals surface area contributed by atoms with Crippen molar-refractivity contribution in [2.45, 2.75) is 26.0 Å². The highest BCUT2D eigenvalue weighted by atomic mass is 35.5. The molecule has 1 saturated heterocycles. The van der Waals surface area contributed by atoms with Crippen LogP contribution in [-0.4, -0.2) is 50.9 Å². The molecule has 0 spiro atoms. The first-order chi connectivity index (χ1) is 19.5. The van der Waals surface area contributed by atoms with Gasteiger partial charge in [0.2, 0.25) is 11.8 Å². The van der Waals surface area contributed by atoms with Gasteiger partial charge in [0.05, 0.1) is 28.5 Å². The van der Waals surface area contributed by atoms with Crippen LogP contribution in [0.1, 0.15) is 19.0 Å². The Labute approximate surface area is 236 Å². The predicted octanol–water partition coefficient (Wildman–Crippen LogP) is 5.12. The number of hydrogen-bond acceptors (Lipinski definition) is 8. The van der Waals surface area contributed by atoms with Gasteiger partial charge in [-0.1, -0.05) is 24.2 Å². The van der Waals surface area contributed by atoms with Crippen LogP contribution in [0.3, 0.4) is 0 Å². The van der Waals surface area contributed by atoms with Gasteiger partial charge in [-0.25, -0.2) is 9.97 Å². The number of carbonyl (C=O) groups excluding carboxylic acids is 2. The minimum Gasteiger partial charge on any atom is -0.492 e. The number of pyridine rings is 1. The summed E-state index contributed by atoms with van der Waals surface area (Å²) in [5, 5.41) is 7.26. The minimum absolute atomic E-state index is 0.276. The number of carbonyl (C=O) groups is 2. The van der Waals surface area contributed by atoms with Crippen molar-refractivity contribution in [3.8, 4) is 11.5 Å². The lowest BCUT2D eigenvalue weighted by Crippen LogP contribution is -2.56. The number of aromatic nitrogens is 3. The Morgan fingerprint density at radius 1 is 1.12 bits per heavy atom. The smallest absolute Gasteiger partial charge is 0.247 e. The molecule has 0 bridgehead atoms. The Balaban J connectivity index is 1.38. The first kappa shape index (κ1) is 26.9. The van der Waals surface area contributed by atoms with Crippen LogP contribution in [0.4, 0.5) is 17.2 Å². The van der Waals surface area contributed by atoms with E-state index in [9.17, 15) is 9.59 Å². The second kappa shape index (κ2) is 12.0. The van der Waals surface area contributed by atoms with Crippen molar-refractivity contribution in [2.24, 2.45) is 0 Å². The van der Waals surface area contributed by atoms with E-state index in [2.05, 4.69) is 32.2 Å². The molecule has 3 heterocycles. The Bertz CT molecular complexity index is 1570. The molecular formula is C29H27ClN6O4. The monoisotopic (exact) mass is 558 g/mol. The maximum absolute atomic E-state index is 13.0. The van der Waals surface area contributed by atoms with E-state index in [-0.39, 0.29) is 11.8 Å². The third kappa shape index (κ3) is 5.81. The molecule has 1 aliphatic rings. The van der Waals surface area contributed by atoms with Gasteiger partial charge in [-0.3, -0.25) is 14.6 Å². The summed E-state index contributed by atoms with van der Waals surface area (Å²) in [6.45, 7) is 6.56. The van der Waals surface area contributed by atoms with E-state index in [1.165, 1.54) is 17.3 Å². The zero-order chi connectivity index (χ0) is 28.1. The molecule has 40 heavy (non-hydrogen) atoms. The molecule has 0 saturated carbocycles. The molecule has 4 aromatic rings. The summed E-state index contributed by atoms with van der Waals surface area (Å²) in [7, 11) is 0. The average Bonchev–Trinajstić information content (AvgIpc) is 2.93. The number of amides is 2. The lowest BCUT2D eigenvalue weighted by atomic mass is 10.0. The van der Waals surface area contributed by atoms with Crippen LogP contribution in [0.15, 0.2) is 73.7 Å². The fraction of sp³-hybridized carbons (Fsp3) is 0.207. The number of nitrogens with zero attached hydrogens (tertiary/aromatic N) is 4. The first-order valence-corrected chi connectivity index (χ1v) is 13.1. The molecule has 1 atom stereocenters. The van der Waals surface area contributed by atoms with Crippen LogP contribution in [0.2, 0.25) is 5.02 Å². The van der Waals surface area contributed by atoms with Gasteiger partial charge in [0.15, 0.2) is 0 Å². The van der Waals surface area contributed by atoms with E-state index >= 15 is 0 Å². The number of likely N-dealkylation sites (tertiary alicyclic amines) is 1. The van der Waals surface area contributed by atoms with Gasteiger partial charge >= 0.3 is 0 Å².